The van der Waals surface area contributed by atoms with E-state index in [-0.39, 0.29) is 23.5 Å². The van der Waals surface area contributed by atoms with Gasteiger partial charge in [0.2, 0.25) is 5.91 Å². The summed E-state index contributed by atoms with van der Waals surface area (Å²) in [6.07, 6.45) is 0. The number of benzene rings is 2. The molecule has 2 aromatic rings. The summed E-state index contributed by atoms with van der Waals surface area (Å²) < 4.78 is 0. The second-order valence-corrected chi connectivity index (χ2v) is 5.59. The minimum absolute atomic E-state index is 0.0673. The lowest BCUT2D eigenvalue weighted by molar-refractivity contribution is -0.384. The summed E-state index contributed by atoms with van der Waals surface area (Å²) in [7, 11) is 0. The molecule has 0 unspecified atom stereocenters. The number of rotatable bonds is 4. The van der Waals surface area contributed by atoms with E-state index in [9.17, 15) is 24.5 Å². The van der Waals surface area contributed by atoms with Gasteiger partial charge >= 0.3 is 0 Å². The fourth-order valence-electron chi connectivity index (χ4n) is 2.54. The summed E-state index contributed by atoms with van der Waals surface area (Å²) in [6.45, 7) is 1.56. The molecule has 8 heteroatoms. The Morgan fingerprint density at radius 2 is 1.84 bits per heavy atom. The number of hydrogen-bond acceptors (Lipinski definition) is 5. The van der Waals surface area contributed by atoms with E-state index in [1.54, 1.807) is 12.1 Å². The van der Waals surface area contributed by atoms with Crippen molar-refractivity contribution in [3.8, 4) is 0 Å². The molecule has 126 valence electrons. The van der Waals surface area contributed by atoms with E-state index in [0.29, 0.717) is 5.69 Å². The number of non-ortho nitro benzene ring substituents is 1. The number of ketones is 1. The molecule has 0 radical (unpaired) electrons. The third-order valence-electron chi connectivity index (χ3n) is 3.80. The van der Waals surface area contributed by atoms with Crippen LogP contribution in [0.15, 0.2) is 42.5 Å². The first-order valence-corrected chi connectivity index (χ1v) is 7.38. The zero-order valence-electron chi connectivity index (χ0n) is 13.2. The highest BCUT2D eigenvalue weighted by atomic mass is 16.6. The Labute approximate surface area is 142 Å². The van der Waals surface area contributed by atoms with Crippen molar-refractivity contribution >= 4 is 34.7 Å². The fraction of sp³-hybridized carbons (Fsp3) is 0.118. The molecule has 0 spiro atoms. The van der Waals surface area contributed by atoms with Gasteiger partial charge in [0, 0.05) is 17.8 Å². The average molecular weight is 339 g/mol. The maximum atomic E-state index is 12.2. The van der Waals surface area contributed by atoms with Crippen LogP contribution in [-0.2, 0) is 9.59 Å². The predicted octanol–water partition coefficient (Wildman–Crippen LogP) is 2.07. The molecule has 0 bridgehead atoms. The van der Waals surface area contributed by atoms with Crippen LogP contribution >= 0.6 is 0 Å². The summed E-state index contributed by atoms with van der Waals surface area (Å²) in [6, 6.07) is 10.6. The van der Waals surface area contributed by atoms with E-state index < -0.39 is 22.5 Å². The van der Waals surface area contributed by atoms with E-state index in [4.69, 9.17) is 0 Å². The smallest absolute Gasteiger partial charge is 0.299 e. The van der Waals surface area contributed by atoms with E-state index in [2.05, 4.69) is 5.32 Å². The number of nitro groups is 1. The Kier molecular flexibility index (Phi) is 4.02. The highest BCUT2D eigenvalue weighted by molar-refractivity contribution is 6.52. The summed E-state index contributed by atoms with van der Waals surface area (Å²) >= 11 is 0. The van der Waals surface area contributed by atoms with Crippen LogP contribution in [0.25, 0.3) is 0 Å². The van der Waals surface area contributed by atoms with Crippen LogP contribution < -0.4 is 10.2 Å². The molecule has 0 saturated carbocycles. The number of amides is 2. The Bertz CT molecular complexity index is 905. The summed E-state index contributed by atoms with van der Waals surface area (Å²) in [5, 5.41) is 13.4. The van der Waals surface area contributed by atoms with Crippen molar-refractivity contribution in [2.75, 3.05) is 16.8 Å². The monoisotopic (exact) mass is 339 g/mol. The van der Waals surface area contributed by atoms with Crippen LogP contribution in [0.3, 0.4) is 0 Å². The minimum Gasteiger partial charge on any atom is -0.325 e. The van der Waals surface area contributed by atoms with E-state index in [1.165, 1.54) is 12.1 Å². The molecule has 1 aliphatic rings. The number of anilines is 2. The molecule has 0 fully saturated rings. The largest absolute Gasteiger partial charge is 0.325 e. The summed E-state index contributed by atoms with van der Waals surface area (Å²) in [5.41, 5.74) is 1.44. The number of Topliss-reactive ketones (excluding diaryl/α,β-unsaturated/α-hetero) is 1. The van der Waals surface area contributed by atoms with E-state index in [1.807, 2.05) is 19.1 Å². The lowest BCUT2D eigenvalue weighted by atomic mass is 10.1. The molecule has 1 heterocycles. The normalized spacial score (nSPS) is 12.9. The quantitative estimate of drug-likeness (QED) is 0.521. The van der Waals surface area contributed by atoms with Crippen LogP contribution in [0.1, 0.15) is 15.9 Å². The molecular formula is C17H13N3O5. The number of nitro benzene ring substituents is 1. The molecule has 1 aliphatic heterocycles. The second-order valence-electron chi connectivity index (χ2n) is 5.59. The Morgan fingerprint density at radius 1 is 1.16 bits per heavy atom. The maximum Gasteiger partial charge on any atom is 0.299 e. The third-order valence-corrected chi connectivity index (χ3v) is 3.80. The molecule has 0 saturated heterocycles. The highest BCUT2D eigenvalue weighted by Crippen LogP contribution is 2.31. The number of fused-ring (bicyclic) bond motifs is 1. The van der Waals surface area contributed by atoms with Crippen molar-refractivity contribution in [2.45, 2.75) is 6.92 Å². The molecule has 2 amide bonds. The lowest BCUT2D eigenvalue weighted by Gasteiger charge is -2.16. The highest BCUT2D eigenvalue weighted by Gasteiger charge is 2.37. The van der Waals surface area contributed by atoms with Gasteiger partial charge in [-0.25, -0.2) is 0 Å². The van der Waals surface area contributed by atoms with Gasteiger partial charge in [-0.1, -0.05) is 17.7 Å². The zero-order chi connectivity index (χ0) is 18.1. The number of hydrogen-bond donors (Lipinski definition) is 1. The summed E-state index contributed by atoms with van der Waals surface area (Å²) in [4.78, 5) is 47.5. The first-order chi connectivity index (χ1) is 11.9. The molecular weight excluding hydrogens is 326 g/mol. The van der Waals surface area contributed by atoms with Crippen molar-refractivity contribution < 1.29 is 19.3 Å². The van der Waals surface area contributed by atoms with Gasteiger partial charge in [-0.2, -0.15) is 0 Å². The van der Waals surface area contributed by atoms with Gasteiger partial charge in [0.05, 0.1) is 16.2 Å². The van der Waals surface area contributed by atoms with Gasteiger partial charge in [-0.3, -0.25) is 29.4 Å². The first kappa shape index (κ1) is 16.3. The van der Waals surface area contributed by atoms with Gasteiger partial charge < -0.3 is 5.32 Å². The number of nitrogens with zero attached hydrogens (tertiary/aromatic N) is 2. The number of carbonyl (C=O) groups is 3. The molecule has 2 aromatic carbocycles. The van der Waals surface area contributed by atoms with Crippen LogP contribution in [-0.4, -0.2) is 29.1 Å². The van der Waals surface area contributed by atoms with Crippen molar-refractivity contribution in [1.82, 2.24) is 0 Å². The van der Waals surface area contributed by atoms with Crippen LogP contribution in [0.2, 0.25) is 0 Å². The lowest BCUT2D eigenvalue weighted by Crippen LogP contribution is -2.37. The summed E-state index contributed by atoms with van der Waals surface area (Å²) in [5.74, 6) is -2.22. The number of carbonyl (C=O) groups excluding carboxylic acids is 3. The number of nitrogens with one attached hydrogen (secondary N) is 1. The molecule has 25 heavy (non-hydrogen) atoms. The molecule has 0 aromatic heterocycles. The fourth-order valence-corrected chi connectivity index (χ4v) is 2.54. The van der Waals surface area contributed by atoms with E-state index in [0.717, 1.165) is 16.5 Å². The predicted molar refractivity (Wildman–Crippen MR) is 89.6 cm³/mol. The molecule has 1 N–H and O–H groups in total. The van der Waals surface area contributed by atoms with Gasteiger partial charge in [-0.05, 0) is 25.1 Å². The van der Waals surface area contributed by atoms with Crippen molar-refractivity contribution in [3.63, 3.8) is 0 Å². The maximum absolute atomic E-state index is 12.2. The minimum atomic E-state index is -0.880. The molecule has 3 rings (SSSR count). The van der Waals surface area contributed by atoms with Crippen LogP contribution in [0, 0.1) is 17.0 Å². The second kappa shape index (κ2) is 6.16. The van der Waals surface area contributed by atoms with Crippen LogP contribution in [0.5, 0.6) is 0 Å². The Hall–Kier alpha value is -3.55. The first-order valence-electron chi connectivity index (χ1n) is 7.38. The third kappa shape index (κ3) is 3.09. The Morgan fingerprint density at radius 3 is 2.48 bits per heavy atom. The van der Waals surface area contributed by atoms with Gasteiger partial charge in [0.1, 0.15) is 6.54 Å². The van der Waals surface area contributed by atoms with Crippen molar-refractivity contribution in [2.24, 2.45) is 0 Å². The Balaban J connectivity index is 1.80. The zero-order valence-corrected chi connectivity index (χ0v) is 13.2. The van der Waals surface area contributed by atoms with E-state index >= 15 is 0 Å². The average Bonchev–Trinajstić information content (AvgIpc) is 2.81. The van der Waals surface area contributed by atoms with Crippen molar-refractivity contribution in [1.29, 1.82) is 0 Å². The number of aryl methyl sites for hydroxylation is 1. The molecule has 0 atom stereocenters. The standard InChI is InChI=1S/C17H13N3O5/c1-10-2-4-11(5-3-10)18-15(21)9-19-14-7-6-12(20(24)25)8-13(14)16(22)17(19)23/h2-8H,9H2,1H3,(H,18,21). The van der Waals surface area contributed by atoms with Gasteiger partial charge in [-0.15, -0.1) is 0 Å². The van der Waals surface area contributed by atoms with Crippen molar-refractivity contribution in [3.05, 3.63) is 63.7 Å². The molecule has 8 nitrogen and oxygen atoms in total. The van der Waals surface area contributed by atoms with Gasteiger partial charge in [0.25, 0.3) is 17.4 Å². The molecule has 0 aliphatic carbocycles. The van der Waals surface area contributed by atoms with Crippen LogP contribution in [0.4, 0.5) is 17.1 Å². The van der Waals surface area contributed by atoms with Gasteiger partial charge in [0.15, 0.2) is 0 Å². The topological polar surface area (TPSA) is 110 Å². The SMILES string of the molecule is Cc1ccc(NC(=O)CN2C(=O)C(=O)c3cc([N+](=O)[O-])ccc32)cc1.